The molecule has 0 aromatic rings. The van der Waals surface area contributed by atoms with Crippen LogP contribution in [0.3, 0.4) is 0 Å². The van der Waals surface area contributed by atoms with Gasteiger partial charge < -0.3 is 15.5 Å². The first-order chi connectivity index (χ1) is 7.26. The Morgan fingerprint density at radius 2 is 1.67 bits per heavy atom. The summed E-state index contributed by atoms with van der Waals surface area (Å²) in [6.45, 7) is 6.99. The Morgan fingerprint density at radius 3 is 2.00 bits per heavy atom. The fourth-order valence-corrected chi connectivity index (χ4v) is 1.35. The van der Waals surface area contributed by atoms with Gasteiger partial charge >= 0.3 is 0 Å². The van der Waals surface area contributed by atoms with Crippen LogP contribution in [0.2, 0.25) is 0 Å². The molecule has 0 aliphatic carbocycles. The Balaban J connectivity index is 3.84. The Labute approximate surface area is 92.7 Å². The molecule has 4 heteroatoms. The molecule has 0 atom stereocenters. The maximum atomic E-state index is 11.5. The highest BCUT2D eigenvalue weighted by Crippen LogP contribution is 1.95. The number of rotatable bonds is 9. The van der Waals surface area contributed by atoms with Gasteiger partial charge in [-0.05, 0) is 46.1 Å². The first-order valence-electron chi connectivity index (χ1n) is 5.46. The van der Waals surface area contributed by atoms with Crippen LogP contribution in [0.4, 0.5) is 0 Å². The summed E-state index contributed by atoms with van der Waals surface area (Å²) >= 11 is 0. The van der Waals surface area contributed by atoms with Crippen molar-refractivity contribution >= 4 is 5.91 Å². The monoisotopic (exact) mass is 213 g/mol. The Bertz CT molecular complexity index is 173. The molecule has 0 aliphatic heterocycles. The van der Waals surface area contributed by atoms with Crippen LogP contribution >= 0.6 is 0 Å². The zero-order chi connectivity index (χ0) is 11.5. The lowest BCUT2D eigenvalue weighted by Gasteiger charge is -2.21. The summed E-state index contributed by atoms with van der Waals surface area (Å²) in [7, 11) is 3.83. The van der Waals surface area contributed by atoms with Crippen molar-refractivity contribution in [3.63, 3.8) is 0 Å². The Kier molecular flexibility index (Phi) is 9.11. The van der Waals surface area contributed by atoms with Crippen molar-refractivity contribution in [3.8, 4) is 0 Å². The van der Waals surface area contributed by atoms with Crippen LogP contribution in [0.1, 0.15) is 12.8 Å². The van der Waals surface area contributed by atoms with Gasteiger partial charge in [0, 0.05) is 13.1 Å². The third kappa shape index (κ3) is 7.11. The van der Waals surface area contributed by atoms with Gasteiger partial charge in [0.15, 0.2) is 0 Å². The van der Waals surface area contributed by atoms with E-state index in [1.165, 1.54) is 6.08 Å². The average molecular weight is 213 g/mol. The smallest absolute Gasteiger partial charge is 0.245 e. The molecule has 0 heterocycles. The molecule has 0 bridgehead atoms. The molecular weight excluding hydrogens is 190 g/mol. The molecule has 0 aromatic carbocycles. The summed E-state index contributed by atoms with van der Waals surface area (Å²) in [5.41, 5.74) is 0. The molecule has 1 amide bonds. The highest BCUT2D eigenvalue weighted by molar-refractivity contribution is 5.86. The number of nitrogens with one attached hydrogen (secondary N) is 2. The zero-order valence-corrected chi connectivity index (χ0v) is 9.88. The highest BCUT2D eigenvalue weighted by Gasteiger charge is 2.08. The molecule has 2 N–H and O–H groups in total. The van der Waals surface area contributed by atoms with E-state index in [1.807, 2.05) is 19.0 Å². The first kappa shape index (κ1) is 14.1. The predicted molar refractivity (Wildman–Crippen MR) is 63.9 cm³/mol. The van der Waals surface area contributed by atoms with Crippen LogP contribution in [0, 0.1) is 0 Å². The molecule has 0 radical (unpaired) electrons. The average Bonchev–Trinajstić information content (AvgIpc) is 2.26. The molecule has 4 nitrogen and oxygen atoms in total. The van der Waals surface area contributed by atoms with Crippen molar-refractivity contribution in [2.24, 2.45) is 0 Å². The van der Waals surface area contributed by atoms with E-state index >= 15 is 0 Å². The molecule has 88 valence electrons. The summed E-state index contributed by atoms with van der Waals surface area (Å²) in [6.07, 6.45) is 3.35. The van der Waals surface area contributed by atoms with Crippen molar-refractivity contribution in [2.75, 3.05) is 40.3 Å². The molecule has 0 spiro atoms. The maximum Gasteiger partial charge on any atom is 0.245 e. The third-order valence-electron chi connectivity index (χ3n) is 2.20. The van der Waals surface area contributed by atoms with E-state index in [1.54, 1.807) is 0 Å². The van der Waals surface area contributed by atoms with Gasteiger partial charge in [-0.1, -0.05) is 6.58 Å². The van der Waals surface area contributed by atoms with Crippen molar-refractivity contribution < 1.29 is 4.79 Å². The van der Waals surface area contributed by atoms with Crippen LogP contribution in [-0.2, 0) is 4.79 Å². The lowest BCUT2D eigenvalue weighted by Crippen LogP contribution is -2.33. The second-order valence-electron chi connectivity index (χ2n) is 3.44. The van der Waals surface area contributed by atoms with Crippen LogP contribution in [0.15, 0.2) is 12.7 Å². The number of hydrogen-bond donors (Lipinski definition) is 2. The number of hydrogen-bond acceptors (Lipinski definition) is 3. The fraction of sp³-hybridized carbons (Fsp3) is 0.727. The summed E-state index contributed by atoms with van der Waals surface area (Å²) in [4.78, 5) is 13.3. The summed E-state index contributed by atoms with van der Waals surface area (Å²) in [5, 5.41) is 6.14. The van der Waals surface area contributed by atoms with Crippen LogP contribution in [0.5, 0.6) is 0 Å². The highest BCUT2D eigenvalue weighted by atomic mass is 16.2. The zero-order valence-electron chi connectivity index (χ0n) is 9.88. The maximum absolute atomic E-state index is 11.5. The van der Waals surface area contributed by atoms with Gasteiger partial charge in [0.1, 0.15) is 0 Å². The van der Waals surface area contributed by atoms with E-state index in [2.05, 4.69) is 17.2 Å². The van der Waals surface area contributed by atoms with Gasteiger partial charge in [-0.25, -0.2) is 0 Å². The molecule has 0 aromatic heterocycles. The van der Waals surface area contributed by atoms with E-state index < -0.39 is 0 Å². The van der Waals surface area contributed by atoms with E-state index in [9.17, 15) is 4.79 Å². The molecular formula is C11H23N3O. The van der Waals surface area contributed by atoms with Gasteiger partial charge in [-0.15, -0.1) is 0 Å². The third-order valence-corrected chi connectivity index (χ3v) is 2.20. The minimum atomic E-state index is 0.0298. The molecule has 0 saturated carbocycles. The molecule has 0 rings (SSSR count). The second kappa shape index (κ2) is 9.68. The topological polar surface area (TPSA) is 44.4 Å². The fourth-order valence-electron chi connectivity index (χ4n) is 1.35. The number of amides is 1. The van der Waals surface area contributed by atoms with Crippen molar-refractivity contribution in [3.05, 3.63) is 12.7 Å². The molecule has 0 saturated heterocycles. The molecule has 15 heavy (non-hydrogen) atoms. The minimum absolute atomic E-state index is 0.0298. The van der Waals surface area contributed by atoms with Crippen LogP contribution in [-0.4, -0.2) is 51.1 Å². The van der Waals surface area contributed by atoms with Gasteiger partial charge in [-0.2, -0.15) is 0 Å². The SMILES string of the molecule is C=CC(=O)N(CCCNC)CCCNC. The first-order valence-corrected chi connectivity index (χ1v) is 5.46. The Morgan fingerprint density at radius 1 is 1.20 bits per heavy atom. The normalized spacial score (nSPS) is 10.0. The molecule has 0 unspecified atom stereocenters. The van der Waals surface area contributed by atoms with Gasteiger partial charge in [0.25, 0.3) is 0 Å². The lowest BCUT2D eigenvalue weighted by molar-refractivity contribution is -0.126. The second-order valence-corrected chi connectivity index (χ2v) is 3.44. The number of carbonyl (C=O) groups excluding carboxylic acids is 1. The van der Waals surface area contributed by atoms with E-state index in [0.29, 0.717) is 0 Å². The number of nitrogens with zero attached hydrogens (tertiary/aromatic N) is 1. The largest absolute Gasteiger partial charge is 0.339 e. The van der Waals surface area contributed by atoms with Crippen LogP contribution < -0.4 is 10.6 Å². The van der Waals surface area contributed by atoms with E-state index in [4.69, 9.17) is 0 Å². The van der Waals surface area contributed by atoms with Gasteiger partial charge in [0.2, 0.25) is 5.91 Å². The number of carbonyl (C=O) groups is 1. The van der Waals surface area contributed by atoms with E-state index in [-0.39, 0.29) is 5.91 Å². The van der Waals surface area contributed by atoms with Crippen molar-refractivity contribution in [1.82, 2.24) is 15.5 Å². The molecule has 0 aliphatic rings. The summed E-state index contributed by atoms with van der Waals surface area (Å²) in [6, 6.07) is 0. The summed E-state index contributed by atoms with van der Waals surface area (Å²) < 4.78 is 0. The quantitative estimate of drug-likeness (QED) is 0.425. The Hall–Kier alpha value is -0.870. The summed E-state index contributed by atoms with van der Waals surface area (Å²) in [5.74, 6) is 0.0298. The van der Waals surface area contributed by atoms with E-state index in [0.717, 1.165) is 39.0 Å². The van der Waals surface area contributed by atoms with Crippen molar-refractivity contribution in [1.29, 1.82) is 0 Å². The van der Waals surface area contributed by atoms with Gasteiger partial charge in [-0.3, -0.25) is 4.79 Å². The van der Waals surface area contributed by atoms with Crippen LogP contribution in [0.25, 0.3) is 0 Å². The lowest BCUT2D eigenvalue weighted by atomic mass is 10.3. The standard InChI is InChI=1S/C11H23N3O/c1-4-11(15)14(9-5-7-12-2)10-6-8-13-3/h4,12-13H,1,5-10H2,2-3H3. The van der Waals surface area contributed by atoms with Gasteiger partial charge in [0.05, 0.1) is 0 Å². The predicted octanol–water partition coefficient (Wildman–Crippen LogP) is 0.220. The van der Waals surface area contributed by atoms with Crippen molar-refractivity contribution in [2.45, 2.75) is 12.8 Å². The molecule has 0 fully saturated rings. The minimum Gasteiger partial charge on any atom is -0.339 e.